The number of hydrogen-bond donors (Lipinski definition) is 1. The van der Waals surface area contributed by atoms with Gasteiger partial charge in [0.2, 0.25) is 5.65 Å². The third-order valence-electron chi connectivity index (χ3n) is 2.27. The van der Waals surface area contributed by atoms with Gasteiger partial charge in [0.25, 0.3) is 6.01 Å². The minimum Gasteiger partial charge on any atom is -0.480 e. The molecular weight excluding hydrogens is 248 g/mol. The first kappa shape index (κ1) is 8.16. The lowest BCUT2D eigenvalue weighted by molar-refractivity contribution is 0.403. The van der Waals surface area contributed by atoms with Gasteiger partial charge >= 0.3 is 0 Å². The summed E-state index contributed by atoms with van der Waals surface area (Å²) in [5, 5.41) is 9.59. The van der Waals surface area contributed by atoms with Crippen molar-refractivity contribution in [3.63, 3.8) is 0 Å². The number of halogens is 1. The number of aromatic hydroxyl groups is 1. The Morgan fingerprint density at radius 3 is 2.93 bits per heavy atom. The van der Waals surface area contributed by atoms with E-state index in [2.05, 4.69) is 30.9 Å². The molecular formula is C8H7BrN4O. The molecule has 0 atom stereocenters. The summed E-state index contributed by atoms with van der Waals surface area (Å²) in [4.78, 5) is 12.3. The molecule has 2 heterocycles. The number of imidazole rings is 1. The zero-order valence-corrected chi connectivity index (χ0v) is 8.77. The van der Waals surface area contributed by atoms with Crippen molar-refractivity contribution >= 4 is 27.2 Å². The van der Waals surface area contributed by atoms with Crippen molar-refractivity contribution in [1.82, 2.24) is 19.5 Å². The van der Waals surface area contributed by atoms with Crippen LogP contribution in [0.3, 0.4) is 0 Å². The van der Waals surface area contributed by atoms with Crippen molar-refractivity contribution in [1.29, 1.82) is 0 Å². The molecule has 1 N–H and O–H groups in total. The lowest BCUT2D eigenvalue weighted by Crippen LogP contribution is -1.95. The predicted octanol–water partition coefficient (Wildman–Crippen LogP) is 1.63. The second-order valence-electron chi connectivity index (χ2n) is 3.35. The maximum atomic E-state index is 9.59. The van der Waals surface area contributed by atoms with E-state index in [1.807, 2.05) is 0 Å². The third-order valence-corrected chi connectivity index (χ3v) is 2.65. The van der Waals surface area contributed by atoms with Gasteiger partial charge in [0.05, 0.1) is 6.20 Å². The van der Waals surface area contributed by atoms with Crippen molar-refractivity contribution in [3.8, 4) is 6.01 Å². The molecule has 0 aliphatic heterocycles. The average Bonchev–Trinajstić information content (AvgIpc) is 2.90. The third kappa shape index (κ3) is 1.10. The minimum absolute atomic E-state index is 0.0144. The molecule has 1 saturated carbocycles. The Balaban J connectivity index is 2.34. The standard InChI is InChI=1S/C8H7BrN4O/c9-5-3-10-6-7(11-5)13(4-1-2-4)8(14)12-6/h3-4H,1-2H2,(H,10,12,14). The van der Waals surface area contributed by atoms with Gasteiger partial charge in [-0.1, -0.05) is 0 Å². The molecule has 2 aromatic rings. The molecule has 1 aliphatic rings. The van der Waals surface area contributed by atoms with E-state index in [0.29, 0.717) is 21.9 Å². The number of rotatable bonds is 1. The fourth-order valence-electron chi connectivity index (χ4n) is 1.50. The van der Waals surface area contributed by atoms with E-state index in [1.165, 1.54) is 0 Å². The van der Waals surface area contributed by atoms with Gasteiger partial charge in [-0.2, -0.15) is 4.98 Å². The van der Waals surface area contributed by atoms with Gasteiger partial charge < -0.3 is 5.11 Å². The van der Waals surface area contributed by atoms with Crippen LogP contribution in [0.4, 0.5) is 0 Å². The summed E-state index contributed by atoms with van der Waals surface area (Å²) in [6.45, 7) is 0. The second-order valence-corrected chi connectivity index (χ2v) is 4.17. The van der Waals surface area contributed by atoms with Crippen molar-refractivity contribution < 1.29 is 5.11 Å². The first-order valence-corrected chi connectivity index (χ1v) is 5.14. The molecule has 1 fully saturated rings. The average molecular weight is 255 g/mol. The Morgan fingerprint density at radius 2 is 2.21 bits per heavy atom. The van der Waals surface area contributed by atoms with Crippen molar-refractivity contribution in [2.75, 3.05) is 0 Å². The molecule has 0 bridgehead atoms. The van der Waals surface area contributed by atoms with E-state index >= 15 is 0 Å². The molecule has 72 valence electrons. The highest BCUT2D eigenvalue weighted by Gasteiger charge is 2.29. The molecule has 2 aromatic heterocycles. The molecule has 0 radical (unpaired) electrons. The van der Waals surface area contributed by atoms with Crippen LogP contribution in [0.15, 0.2) is 10.8 Å². The maximum Gasteiger partial charge on any atom is 0.297 e. The van der Waals surface area contributed by atoms with Crippen molar-refractivity contribution in [2.45, 2.75) is 18.9 Å². The van der Waals surface area contributed by atoms with Crippen LogP contribution >= 0.6 is 15.9 Å². The molecule has 1 aliphatic carbocycles. The highest BCUT2D eigenvalue weighted by atomic mass is 79.9. The summed E-state index contributed by atoms with van der Waals surface area (Å²) in [5.74, 6) is 0. The summed E-state index contributed by atoms with van der Waals surface area (Å²) in [7, 11) is 0. The summed E-state index contributed by atoms with van der Waals surface area (Å²) < 4.78 is 2.40. The summed E-state index contributed by atoms with van der Waals surface area (Å²) in [5.41, 5.74) is 1.15. The molecule has 6 heteroatoms. The van der Waals surface area contributed by atoms with E-state index in [4.69, 9.17) is 0 Å². The van der Waals surface area contributed by atoms with Crippen LogP contribution in [0.2, 0.25) is 0 Å². The lowest BCUT2D eigenvalue weighted by Gasteiger charge is -2.00. The van der Waals surface area contributed by atoms with E-state index in [9.17, 15) is 5.11 Å². The molecule has 0 spiro atoms. The molecule has 0 amide bonds. The fourth-order valence-corrected chi connectivity index (χ4v) is 1.78. The molecule has 14 heavy (non-hydrogen) atoms. The Bertz CT molecular complexity index is 505. The van der Waals surface area contributed by atoms with Gasteiger partial charge in [-0.15, -0.1) is 0 Å². The number of nitrogens with zero attached hydrogens (tertiary/aromatic N) is 4. The Hall–Kier alpha value is -1.17. The quantitative estimate of drug-likeness (QED) is 0.841. The molecule has 0 saturated heterocycles. The molecule has 3 rings (SSSR count). The minimum atomic E-state index is 0.0144. The number of hydrogen-bond acceptors (Lipinski definition) is 4. The second kappa shape index (κ2) is 2.66. The predicted molar refractivity (Wildman–Crippen MR) is 53.0 cm³/mol. The van der Waals surface area contributed by atoms with E-state index in [-0.39, 0.29) is 6.01 Å². The van der Waals surface area contributed by atoms with Crippen LogP contribution in [-0.4, -0.2) is 24.6 Å². The topological polar surface area (TPSA) is 63.8 Å². The number of aromatic nitrogens is 4. The largest absolute Gasteiger partial charge is 0.480 e. The normalized spacial score (nSPS) is 16.4. The van der Waals surface area contributed by atoms with E-state index < -0.39 is 0 Å². The van der Waals surface area contributed by atoms with Gasteiger partial charge in [-0.3, -0.25) is 4.57 Å². The van der Waals surface area contributed by atoms with Crippen molar-refractivity contribution in [3.05, 3.63) is 10.8 Å². The monoisotopic (exact) mass is 254 g/mol. The van der Waals surface area contributed by atoms with Gasteiger partial charge in [0.15, 0.2) is 5.65 Å². The lowest BCUT2D eigenvalue weighted by atomic mass is 10.6. The fraction of sp³-hybridized carbons (Fsp3) is 0.375. The zero-order valence-electron chi connectivity index (χ0n) is 7.18. The van der Waals surface area contributed by atoms with Crippen LogP contribution in [0.1, 0.15) is 18.9 Å². The van der Waals surface area contributed by atoms with Crippen LogP contribution in [-0.2, 0) is 0 Å². The van der Waals surface area contributed by atoms with E-state index in [1.54, 1.807) is 10.8 Å². The summed E-state index contributed by atoms with van der Waals surface area (Å²) >= 11 is 3.25. The highest BCUT2D eigenvalue weighted by molar-refractivity contribution is 9.10. The SMILES string of the molecule is Oc1nc2ncc(Br)nc2n1C1CC1. The van der Waals surface area contributed by atoms with E-state index in [0.717, 1.165) is 12.8 Å². The van der Waals surface area contributed by atoms with Crippen molar-refractivity contribution in [2.24, 2.45) is 0 Å². The maximum absolute atomic E-state index is 9.59. The smallest absolute Gasteiger partial charge is 0.297 e. The van der Waals surface area contributed by atoms with Crippen LogP contribution in [0, 0.1) is 0 Å². The van der Waals surface area contributed by atoms with Gasteiger partial charge in [0.1, 0.15) is 4.60 Å². The van der Waals surface area contributed by atoms with Crippen LogP contribution < -0.4 is 0 Å². The Kier molecular flexibility index (Phi) is 1.55. The Labute approximate surface area is 87.9 Å². The van der Waals surface area contributed by atoms with Gasteiger partial charge in [0, 0.05) is 6.04 Å². The van der Waals surface area contributed by atoms with Gasteiger partial charge in [-0.05, 0) is 28.8 Å². The summed E-state index contributed by atoms with van der Waals surface area (Å²) in [6, 6.07) is 0.365. The first-order chi connectivity index (χ1) is 6.75. The molecule has 0 unspecified atom stereocenters. The van der Waals surface area contributed by atoms with Gasteiger partial charge in [-0.25, -0.2) is 9.97 Å². The van der Waals surface area contributed by atoms with Crippen LogP contribution in [0.25, 0.3) is 11.3 Å². The first-order valence-electron chi connectivity index (χ1n) is 4.35. The highest BCUT2D eigenvalue weighted by Crippen LogP contribution is 2.39. The molecule has 0 aromatic carbocycles. The van der Waals surface area contributed by atoms with Crippen LogP contribution in [0.5, 0.6) is 6.01 Å². The molecule has 5 nitrogen and oxygen atoms in total. The Morgan fingerprint density at radius 1 is 1.43 bits per heavy atom. The summed E-state index contributed by atoms with van der Waals surface area (Å²) in [6.07, 6.45) is 3.73. The zero-order chi connectivity index (χ0) is 9.71. The number of fused-ring (bicyclic) bond motifs is 1.